The monoisotopic (exact) mass is 393 g/mol. The molecule has 0 amide bonds. The van der Waals surface area contributed by atoms with Gasteiger partial charge in [0.1, 0.15) is 16.5 Å². The number of benzene rings is 2. The summed E-state index contributed by atoms with van der Waals surface area (Å²) in [5.74, 6) is 0.759. The number of aryl methyl sites for hydroxylation is 1. The third-order valence-corrected chi connectivity index (χ3v) is 5.77. The summed E-state index contributed by atoms with van der Waals surface area (Å²) in [6.45, 7) is 4.27. The number of rotatable bonds is 5. The van der Waals surface area contributed by atoms with Crippen LogP contribution in [0.2, 0.25) is 0 Å². The second-order valence-corrected chi connectivity index (χ2v) is 7.69. The second kappa shape index (κ2) is 8.20. The van der Waals surface area contributed by atoms with E-state index in [9.17, 15) is 0 Å². The number of para-hydroxylation sites is 2. The highest BCUT2D eigenvalue weighted by atomic mass is 32.2. The summed E-state index contributed by atoms with van der Waals surface area (Å²) in [5.41, 5.74) is 4.29. The molecule has 4 rings (SSSR count). The molecule has 0 fully saturated rings. The van der Waals surface area contributed by atoms with Crippen molar-refractivity contribution in [1.29, 1.82) is 0 Å². The van der Waals surface area contributed by atoms with Crippen LogP contribution in [0.1, 0.15) is 11.1 Å². The van der Waals surface area contributed by atoms with E-state index >= 15 is 0 Å². The number of aromatic nitrogens is 1. The molecule has 0 N–H and O–H groups in total. The highest BCUT2D eigenvalue weighted by Gasteiger charge is 2.24. The molecular weight excluding hydrogens is 370 g/mol. The molecule has 2 heterocycles. The number of nitrogens with zero attached hydrogens (tertiary/aromatic N) is 3. The average molecular weight is 394 g/mol. The van der Waals surface area contributed by atoms with Crippen LogP contribution < -0.4 is 4.74 Å². The minimum absolute atomic E-state index is 0.640. The molecule has 0 spiro atoms. The third-order valence-electron chi connectivity index (χ3n) is 4.70. The first-order valence-corrected chi connectivity index (χ1v) is 10.0. The summed E-state index contributed by atoms with van der Waals surface area (Å²) in [6.07, 6.45) is 0. The summed E-state index contributed by atoms with van der Waals surface area (Å²) in [6, 6.07) is 16.4. The van der Waals surface area contributed by atoms with E-state index in [0.717, 1.165) is 40.2 Å². The average Bonchev–Trinajstić information content (AvgIpc) is 2.71. The van der Waals surface area contributed by atoms with E-state index in [-0.39, 0.29) is 0 Å². The minimum atomic E-state index is 0.640. The van der Waals surface area contributed by atoms with Crippen molar-refractivity contribution in [2.24, 2.45) is 4.99 Å². The topological polar surface area (TPSA) is 47.0 Å². The molecule has 1 aliphatic rings. The zero-order valence-electron chi connectivity index (χ0n) is 16.3. The first-order valence-electron chi connectivity index (χ1n) is 9.21. The number of ether oxygens (including phenoxy) is 2. The summed E-state index contributed by atoms with van der Waals surface area (Å²) >= 11 is 1.60. The molecule has 6 heteroatoms. The van der Waals surface area contributed by atoms with Gasteiger partial charge in [-0.15, -0.1) is 0 Å². The fourth-order valence-electron chi connectivity index (χ4n) is 3.24. The normalized spacial score (nSPS) is 15.1. The summed E-state index contributed by atoms with van der Waals surface area (Å²) in [7, 11) is 3.39. The quantitative estimate of drug-likeness (QED) is 0.623. The summed E-state index contributed by atoms with van der Waals surface area (Å²) in [5, 5.41) is 3.10. The standard InChI is InChI=1S/C22H23N3O2S/c1-15-8-9-18-16(12-15)13-17-14-25(10-11-26-2)22(28-21(17)23-18)24-19-6-4-5-7-20(19)27-3/h4-9,12-13H,10-11,14H2,1-3H3. The summed E-state index contributed by atoms with van der Waals surface area (Å²) in [4.78, 5) is 12.0. The van der Waals surface area contributed by atoms with Gasteiger partial charge in [-0.25, -0.2) is 9.98 Å². The smallest absolute Gasteiger partial charge is 0.171 e. The SMILES string of the molecule is COCCN1Cc2cc3cc(C)ccc3nc2SC1=Nc1ccccc1OC. The Balaban J connectivity index is 1.76. The molecule has 0 saturated carbocycles. The molecule has 0 aliphatic carbocycles. The van der Waals surface area contributed by atoms with Crippen LogP contribution >= 0.6 is 11.8 Å². The lowest BCUT2D eigenvalue weighted by Gasteiger charge is -2.30. The van der Waals surface area contributed by atoms with E-state index < -0.39 is 0 Å². The van der Waals surface area contributed by atoms with Crippen LogP contribution in [0.4, 0.5) is 5.69 Å². The van der Waals surface area contributed by atoms with Crippen molar-refractivity contribution in [3.8, 4) is 5.75 Å². The van der Waals surface area contributed by atoms with E-state index in [1.165, 1.54) is 16.5 Å². The molecule has 2 aromatic carbocycles. The maximum atomic E-state index is 5.47. The Labute approximate surface area is 169 Å². The Morgan fingerprint density at radius 1 is 1.14 bits per heavy atom. The van der Waals surface area contributed by atoms with Gasteiger partial charge in [-0.1, -0.05) is 23.8 Å². The molecule has 28 heavy (non-hydrogen) atoms. The van der Waals surface area contributed by atoms with Gasteiger partial charge in [0.05, 0.1) is 19.2 Å². The highest BCUT2D eigenvalue weighted by molar-refractivity contribution is 8.13. The lowest BCUT2D eigenvalue weighted by atomic mass is 10.1. The summed E-state index contributed by atoms with van der Waals surface area (Å²) < 4.78 is 10.8. The van der Waals surface area contributed by atoms with Crippen molar-refractivity contribution < 1.29 is 9.47 Å². The fourth-order valence-corrected chi connectivity index (χ4v) is 4.24. The molecule has 0 bridgehead atoms. The second-order valence-electron chi connectivity index (χ2n) is 6.73. The predicted octanol–water partition coefficient (Wildman–Crippen LogP) is 4.79. The van der Waals surface area contributed by atoms with Crippen LogP contribution in [-0.2, 0) is 11.3 Å². The highest BCUT2D eigenvalue weighted by Crippen LogP contribution is 2.36. The van der Waals surface area contributed by atoms with Crippen molar-refractivity contribution in [2.45, 2.75) is 18.5 Å². The van der Waals surface area contributed by atoms with E-state index in [1.807, 2.05) is 24.3 Å². The lowest BCUT2D eigenvalue weighted by Crippen LogP contribution is -2.34. The van der Waals surface area contributed by atoms with Gasteiger partial charge in [-0.3, -0.25) is 0 Å². The molecule has 0 atom stereocenters. The van der Waals surface area contributed by atoms with Gasteiger partial charge in [0.15, 0.2) is 5.17 Å². The van der Waals surface area contributed by atoms with E-state index in [0.29, 0.717) is 6.61 Å². The van der Waals surface area contributed by atoms with Crippen LogP contribution in [0.25, 0.3) is 10.9 Å². The zero-order chi connectivity index (χ0) is 19.5. The number of pyridine rings is 1. The predicted molar refractivity (Wildman–Crippen MR) is 115 cm³/mol. The third kappa shape index (κ3) is 3.84. The number of hydrogen-bond donors (Lipinski definition) is 0. The number of amidine groups is 1. The van der Waals surface area contributed by atoms with Gasteiger partial charge in [0, 0.05) is 31.1 Å². The molecule has 1 aliphatic heterocycles. The minimum Gasteiger partial charge on any atom is -0.494 e. The first-order chi connectivity index (χ1) is 13.7. The molecule has 0 unspecified atom stereocenters. The Kier molecular flexibility index (Phi) is 5.50. The van der Waals surface area contributed by atoms with Crippen LogP contribution in [0.5, 0.6) is 5.75 Å². The lowest BCUT2D eigenvalue weighted by molar-refractivity contribution is 0.174. The first kappa shape index (κ1) is 18.8. The molecule has 3 aromatic rings. The molecular formula is C22H23N3O2S. The Bertz CT molecular complexity index is 1040. The van der Waals surface area contributed by atoms with E-state index in [2.05, 4.69) is 36.1 Å². The number of hydrogen-bond acceptors (Lipinski definition) is 5. The molecule has 0 saturated heterocycles. The molecule has 5 nitrogen and oxygen atoms in total. The van der Waals surface area contributed by atoms with Gasteiger partial charge in [0.2, 0.25) is 0 Å². The molecule has 144 valence electrons. The Morgan fingerprint density at radius 2 is 2.00 bits per heavy atom. The van der Waals surface area contributed by atoms with E-state index in [1.54, 1.807) is 26.0 Å². The Morgan fingerprint density at radius 3 is 2.82 bits per heavy atom. The van der Waals surface area contributed by atoms with Crippen molar-refractivity contribution in [3.05, 3.63) is 59.7 Å². The van der Waals surface area contributed by atoms with Crippen LogP contribution in [0.15, 0.2) is 58.5 Å². The van der Waals surface area contributed by atoms with Crippen LogP contribution in [0.3, 0.4) is 0 Å². The maximum Gasteiger partial charge on any atom is 0.171 e. The van der Waals surface area contributed by atoms with Crippen LogP contribution in [-0.4, -0.2) is 42.4 Å². The molecule has 1 aromatic heterocycles. The van der Waals surface area contributed by atoms with Gasteiger partial charge >= 0.3 is 0 Å². The number of thioether (sulfide) groups is 1. The number of fused-ring (bicyclic) bond motifs is 2. The van der Waals surface area contributed by atoms with Gasteiger partial charge in [-0.2, -0.15) is 0 Å². The van der Waals surface area contributed by atoms with E-state index in [4.69, 9.17) is 19.5 Å². The number of aliphatic imine (C=N–C) groups is 1. The van der Waals surface area contributed by atoms with Crippen molar-refractivity contribution in [1.82, 2.24) is 9.88 Å². The Hall–Kier alpha value is -2.57. The fraction of sp³-hybridized carbons (Fsp3) is 0.273. The largest absolute Gasteiger partial charge is 0.494 e. The van der Waals surface area contributed by atoms with Gasteiger partial charge < -0.3 is 14.4 Å². The van der Waals surface area contributed by atoms with Crippen LogP contribution in [0, 0.1) is 6.92 Å². The maximum absolute atomic E-state index is 5.47. The molecule has 0 radical (unpaired) electrons. The van der Waals surface area contributed by atoms with Gasteiger partial charge in [0.25, 0.3) is 0 Å². The van der Waals surface area contributed by atoms with Crippen molar-refractivity contribution in [2.75, 3.05) is 27.4 Å². The van der Waals surface area contributed by atoms with Crippen molar-refractivity contribution in [3.63, 3.8) is 0 Å². The zero-order valence-corrected chi connectivity index (χ0v) is 17.1. The van der Waals surface area contributed by atoms with Gasteiger partial charge in [-0.05, 0) is 49.0 Å². The van der Waals surface area contributed by atoms with Crippen molar-refractivity contribution >= 4 is 33.5 Å². The number of methoxy groups -OCH3 is 2.